The van der Waals surface area contributed by atoms with Crippen LogP contribution in [0.15, 0.2) is 24.5 Å². The number of esters is 1. The van der Waals surface area contributed by atoms with Crippen molar-refractivity contribution >= 4 is 12.1 Å². The van der Waals surface area contributed by atoms with Gasteiger partial charge in [0.1, 0.15) is 11.9 Å². The van der Waals surface area contributed by atoms with E-state index in [1.807, 2.05) is 6.92 Å². The van der Waals surface area contributed by atoms with Crippen molar-refractivity contribution < 1.29 is 19.1 Å². The summed E-state index contributed by atoms with van der Waals surface area (Å²) in [4.78, 5) is 30.8. The summed E-state index contributed by atoms with van der Waals surface area (Å²) in [5, 5.41) is 0. The van der Waals surface area contributed by atoms with Crippen molar-refractivity contribution in [3.8, 4) is 0 Å². The quantitative estimate of drug-likeness (QED) is 0.266. The lowest BCUT2D eigenvalue weighted by molar-refractivity contribution is -0.248. The molecule has 6 heteroatoms. The molecule has 1 aromatic rings. The Kier molecular flexibility index (Phi) is 6.91. The highest BCUT2D eigenvalue weighted by Crippen LogP contribution is 2.77. The minimum atomic E-state index is -0.343. The standard InChI is InChI=1S/C36H54N2O4/c1-22(2)24-12-17-36(30(39)41-9)19-18-34(7)25(29(24)36)10-11-27-33(6)15-14-28(42-31(40)38-21-20-37-23(38)3)32(4,5)26(33)13-16-35(27,34)8/h20-21,24-29H,1,10-19H2,2-9H3/t24-,25+,26-,27+,28-,29+,33-,34+,35+,36-/m0/s1. The fourth-order valence-electron chi connectivity index (χ4n) is 12.6. The monoisotopic (exact) mass is 578 g/mol. The van der Waals surface area contributed by atoms with E-state index >= 15 is 0 Å². The first kappa shape index (κ1) is 29.9. The first-order valence-electron chi connectivity index (χ1n) is 16.6. The first-order valence-corrected chi connectivity index (χ1v) is 16.6. The number of hydrogen-bond donors (Lipinski definition) is 0. The number of ether oxygens (including phenoxy) is 2. The third-order valence-electron chi connectivity index (χ3n) is 14.9. The molecule has 0 amide bonds. The summed E-state index contributed by atoms with van der Waals surface area (Å²) in [6, 6.07) is 0. The van der Waals surface area contributed by atoms with E-state index in [1.165, 1.54) is 29.4 Å². The van der Waals surface area contributed by atoms with Crippen LogP contribution in [0.1, 0.15) is 112 Å². The number of aryl methyl sites for hydroxylation is 1. The van der Waals surface area contributed by atoms with Gasteiger partial charge < -0.3 is 9.47 Å². The lowest BCUT2D eigenvalue weighted by atomic mass is 9.32. The molecule has 1 aromatic heterocycles. The van der Waals surface area contributed by atoms with Gasteiger partial charge in [0.25, 0.3) is 0 Å². The summed E-state index contributed by atoms with van der Waals surface area (Å²) in [7, 11) is 1.59. The van der Waals surface area contributed by atoms with Crippen LogP contribution in [0.25, 0.3) is 0 Å². The number of rotatable bonds is 3. The zero-order valence-electron chi connectivity index (χ0n) is 27.4. The maximum Gasteiger partial charge on any atom is 0.419 e. The van der Waals surface area contributed by atoms with Gasteiger partial charge in [0.05, 0.1) is 12.5 Å². The third-order valence-corrected chi connectivity index (χ3v) is 14.9. The predicted octanol–water partition coefficient (Wildman–Crippen LogP) is 8.38. The van der Waals surface area contributed by atoms with Crippen LogP contribution >= 0.6 is 0 Å². The Morgan fingerprint density at radius 1 is 0.929 bits per heavy atom. The first-order chi connectivity index (χ1) is 19.7. The number of carbonyl (C=O) groups is 2. The lowest BCUT2D eigenvalue weighted by Gasteiger charge is -2.72. The number of allylic oxidation sites excluding steroid dienone is 1. The van der Waals surface area contributed by atoms with Gasteiger partial charge in [-0.3, -0.25) is 4.79 Å². The second kappa shape index (κ2) is 9.69. The van der Waals surface area contributed by atoms with Crippen LogP contribution < -0.4 is 0 Å². The number of aromatic nitrogens is 2. The Bertz CT molecular complexity index is 1280. The summed E-state index contributed by atoms with van der Waals surface area (Å²) in [5.74, 6) is 3.06. The van der Waals surface area contributed by atoms with Crippen molar-refractivity contribution in [3.05, 3.63) is 30.4 Å². The van der Waals surface area contributed by atoms with Crippen LogP contribution in [0.5, 0.6) is 0 Å². The van der Waals surface area contributed by atoms with E-state index < -0.39 is 0 Å². The van der Waals surface area contributed by atoms with E-state index in [0.717, 1.165) is 44.9 Å². The van der Waals surface area contributed by atoms with Gasteiger partial charge in [-0.05, 0) is 124 Å². The van der Waals surface area contributed by atoms with Crippen molar-refractivity contribution in [3.63, 3.8) is 0 Å². The van der Waals surface area contributed by atoms with Crippen LogP contribution in [0.3, 0.4) is 0 Å². The molecule has 0 N–H and O–H groups in total. The lowest BCUT2D eigenvalue weighted by Crippen LogP contribution is -2.67. The normalized spacial score (nSPS) is 45.5. The fraction of sp³-hybridized carbons (Fsp3) is 0.806. The molecule has 5 saturated carbocycles. The number of hydrogen-bond acceptors (Lipinski definition) is 5. The molecule has 0 bridgehead atoms. The second-order valence-corrected chi connectivity index (χ2v) is 16.4. The van der Waals surface area contributed by atoms with E-state index in [2.05, 4.69) is 53.1 Å². The number of nitrogens with zero attached hydrogens (tertiary/aromatic N) is 2. The molecule has 0 aliphatic heterocycles. The Hall–Kier alpha value is -2.11. The molecular formula is C36H54N2O4. The van der Waals surface area contributed by atoms with Crippen LogP contribution in [0, 0.1) is 63.6 Å². The molecule has 0 spiro atoms. The molecule has 0 aromatic carbocycles. The molecule has 0 saturated heterocycles. The van der Waals surface area contributed by atoms with Gasteiger partial charge in [-0.1, -0.05) is 46.8 Å². The summed E-state index contributed by atoms with van der Waals surface area (Å²) >= 11 is 0. The smallest absolute Gasteiger partial charge is 0.419 e. The van der Waals surface area contributed by atoms with Crippen molar-refractivity contribution in [2.24, 2.45) is 56.7 Å². The van der Waals surface area contributed by atoms with Crippen LogP contribution in [-0.4, -0.2) is 34.8 Å². The maximum absolute atomic E-state index is 13.5. The minimum absolute atomic E-state index is 0.0294. The van der Waals surface area contributed by atoms with Gasteiger partial charge >= 0.3 is 12.1 Å². The van der Waals surface area contributed by atoms with E-state index in [9.17, 15) is 9.59 Å². The zero-order chi connectivity index (χ0) is 30.5. The molecule has 5 aliphatic rings. The molecule has 10 atom stereocenters. The summed E-state index contributed by atoms with van der Waals surface area (Å²) < 4.78 is 13.3. The van der Waals surface area contributed by atoms with E-state index in [0.29, 0.717) is 35.4 Å². The molecule has 42 heavy (non-hydrogen) atoms. The third kappa shape index (κ3) is 3.77. The average Bonchev–Trinajstić information content (AvgIpc) is 3.54. The number of fused-ring (bicyclic) bond motifs is 7. The van der Waals surface area contributed by atoms with Crippen molar-refractivity contribution in [2.75, 3.05) is 7.11 Å². The second-order valence-electron chi connectivity index (χ2n) is 16.4. The number of methoxy groups -OCH3 is 1. The highest BCUT2D eigenvalue weighted by molar-refractivity contribution is 5.78. The molecule has 0 unspecified atom stereocenters. The van der Waals surface area contributed by atoms with Crippen molar-refractivity contribution in [1.29, 1.82) is 0 Å². The van der Waals surface area contributed by atoms with Gasteiger partial charge in [-0.15, -0.1) is 0 Å². The van der Waals surface area contributed by atoms with Crippen molar-refractivity contribution in [1.82, 2.24) is 9.55 Å². The molecule has 5 aliphatic carbocycles. The molecule has 5 fully saturated rings. The summed E-state index contributed by atoms with van der Waals surface area (Å²) in [6.07, 6.45) is 13.8. The Morgan fingerprint density at radius 2 is 1.67 bits per heavy atom. The summed E-state index contributed by atoms with van der Waals surface area (Å²) in [5.41, 5.74) is 1.37. The maximum atomic E-state index is 13.5. The van der Waals surface area contributed by atoms with Crippen molar-refractivity contribution in [2.45, 2.75) is 119 Å². The molecule has 6 rings (SSSR count). The summed E-state index contributed by atoms with van der Waals surface area (Å²) in [6.45, 7) is 21.0. The predicted molar refractivity (Wildman–Crippen MR) is 164 cm³/mol. The molecular weight excluding hydrogens is 524 g/mol. The average molecular weight is 579 g/mol. The van der Waals surface area contributed by atoms with Crippen LogP contribution in [0.4, 0.5) is 4.79 Å². The molecule has 232 valence electrons. The Morgan fingerprint density at radius 3 is 2.31 bits per heavy atom. The van der Waals surface area contributed by atoms with Gasteiger partial charge in [0.2, 0.25) is 0 Å². The number of imidazole rings is 1. The molecule has 0 radical (unpaired) electrons. The topological polar surface area (TPSA) is 70.4 Å². The van der Waals surface area contributed by atoms with Gasteiger partial charge in [-0.2, -0.15) is 0 Å². The zero-order valence-corrected chi connectivity index (χ0v) is 27.4. The van der Waals surface area contributed by atoms with Gasteiger partial charge in [0, 0.05) is 17.8 Å². The van der Waals surface area contributed by atoms with Gasteiger partial charge in [-0.25, -0.2) is 14.3 Å². The SMILES string of the molecule is C=C(C)[C@@H]1CC[C@]2(C(=O)OC)CC[C@]3(C)[C@H](CC[C@@H]4[C@@]5(C)CC[C@H](OC(=O)n6ccnc6C)C(C)(C)[C@@H]5CC[C@]43C)[C@@H]12. The van der Waals surface area contributed by atoms with E-state index in [4.69, 9.17) is 9.47 Å². The highest BCUT2D eigenvalue weighted by atomic mass is 16.6. The van der Waals surface area contributed by atoms with E-state index in [1.54, 1.807) is 19.5 Å². The fourth-order valence-corrected chi connectivity index (χ4v) is 12.6. The number of carbonyl (C=O) groups excluding carboxylic acids is 2. The largest absolute Gasteiger partial charge is 0.469 e. The van der Waals surface area contributed by atoms with Crippen LogP contribution in [-0.2, 0) is 14.3 Å². The Balaban J connectivity index is 1.30. The van der Waals surface area contributed by atoms with Gasteiger partial charge in [0.15, 0.2) is 0 Å². The van der Waals surface area contributed by atoms with Crippen LogP contribution in [0.2, 0.25) is 0 Å². The Labute approximate surface area is 253 Å². The minimum Gasteiger partial charge on any atom is -0.469 e. The van der Waals surface area contributed by atoms with E-state index in [-0.39, 0.29) is 45.2 Å². The molecule has 1 heterocycles. The molecule has 6 nitrogen and oxygen atoms in total. The highest BCUT2D eigenvalue weighted by Gasteiger charge is 2.72.